The van der Waals surface area contributed by atoms with Gasteiger partial charge in [0.05, 0.1) is 0 Å². The van der Waals surface area contributed by atoms with Crippen molar-refractivity contribution in [3.05, 3.63) is 47.6 Å². The summed E-state index contributed by atoms with van der Waals surface area (Å²) < 4.78 is 6.37. The summed E-state index contributed by atoms with van der Waals surface area (Å²) in [5.74, 6) is 2.91. The van der Waals surface area contributed by atoms with E-state index in [0.29, 0.717) is 34.5 Å². The number of hydrogen-bond acceptors (Lipinski definition) is 2. The minimum absolute atomic E-state index is 0.00234. The maximum absolute atomic E-state index is 13.1. The first kappa shape index (κ1) is 41.2. The Labute approximate surface area is 310 Å². The summed E-state index contributed by atoms with van der Waals surface area (Å²) in [4.78, 5) is 13.1. The van der Waals surface area contributed by atoms with E-state index in [1.165, 1.54) is 102 Å². The van der Waals surface area contributed by atoms with Gasteiger partial charge in [-0.3, -0.25) is 4.79 Å². The highest BCUT2D eigenvalue weighted by Gasteiger charge is 2.65. The lowest BCUT2D eigenvalue weighted by atomic mass is 9.41. The molecule has 2 nitrogen and oxygen atoms in total. The Morgan fingerprint density at radius 1 is 0.840 bits per heavy atom. The second-order valence-electron chi connectivity index (χ2n) is 19.1. The number of esters is 1. The van der Waals surface area contributed by atoms with Crippen molar-refractivity contribution in [3.8, 4) is 0 Å². The van der Waals surface area contributed by atoms with Gasteiger partial charge < -0.3 is 4.74 Å². The standard InChI is InChI=1S/C48H80O2/c1-10-11-12-13-14-15-16-17-18-19-20-21-22-23-24-28-44(49)50-43-33-34-46(7)40-32-36-47(8)39(38(4)27-25-26-37(2)3)31-35-48(47,9)41(40)29-30-42(46)45(43,5)6/h14-15,17-18,26,29,38-40,42-43H,10-13,16,19-25,27-28,30-36H2,1-9H3/b15-14-,18-17-/t38-,39+,40+,42+,43+,46-,47+,48-/m1/s1. The van der Waals surface area contributed by atoms with E-state index in [1.54, 1.807) is 0 Å². The van der Waals surface area contributed by atoms with Crippen LogP contribution in [-0.2, 0) is 9.53 Å². The minimum atomic E-state index is 0.00234. The number of allylic oxidation sites excluding steroid dienone is 8. The van der Waals surface area contributed by atoms with Crippen molar-refractivity contribution in [2.24, 2.45) is 45.3 Å². The summed E-state index contributed by atoms with van der Waals surface area (Å²) in [6.07, 6.45) is 39.8. The lowest BCUT2D eigenvalue weighted by molar-refractivity contribution is -0.177. The molecule has 0 aliphatic heterocycles. The smallest absolute Gasteiger partial charge is 0.306 e. The van der Waals surface area contributed by atoms with Crippen molar-refractivity contribution >= 4 is 5.97 Å². The maximum atomic E-state index is 13.1. The second kappa shape index (κ2) is 18.5. The molecule has 0 amide bonds. The lowest BCUT2D eigenvalue weighted by Gasteiger charge is -2.64. The molecule has 3 fully saturated rings. The highest BCUT2D eigenvalue weighted by Crippen LogP contribution is 2.73. The van der Waals surface area contributed by atoms with Gasteiger partial charge in [0.2, 0.25) is 0 Å². The topological polar surface area (TPSA) is 26.3 Å². The van der Waals surface area contributed by atoms with Gasteiger partial charge in [0.15, 0.2) is 0 Å². The summed E-state index contributed by atoms with van der Waals surface area (Å²) in [5.41, 5.74) is 4.33. The fourth-order valence-corrected chi connectivity index (χ4v) is 12.0. The van der Waals surface area contributed by atoms with E-state index in [2.05, 4.69) is 98.8 Å². The van der Waals surface area contributed by atoms with Crippen molar-refractivity contribution in [2.75, 3.05) is 0 Å². The molecular formula is C48H80O2. The highest BCUT2D eigenvalue weighted by atomic mass is 16.5. The van der Waals surface area contributed by atoms with Crippen LogP contribution in [0.4, 0.5) is 0 Å². The number of fused-ring (bicyclic) bond motifs is 5. The van der Waals surface area contributed by atoms with Gasteiger partial charge in [0.1, 0.15) is 6.10 Å². The fraction of sp³-hybridized carbons (Fsp3) is 0.812. The number of hydrogen-bond donors (Lipinski definition) is 0. The second-order valence-corrected chi connectivity index (χ2v) is 19.1. The largest absolute Gasteiger partial charge is 0.462 e. The molecule has 0 bridgehead atoms. The number of ether oxygens (including phenoxy) is 1. The zero-order chi connectivity index (χ0) is 36.4. The molecule has 0 N–H and O–H groups in total. The predicted octanol–water partition coefficient (Wildman–Crippen LogP) is 14.7. The molecule has 8 atom stereocenters. The molecule has 4 rings (SSSR count). The summed E-state index contributed by atoms with van der Waals surface area (Å²) in [6.45, 7) is 22.1. The number of carbonyl (C=O) groups excluding carboxylic acids is 1. The molecule has 0 heterocycles. The molecule has 0 unspecified atom stereocenters. The average molecular weight is 689 g/mol. The molecule has 50 heavy (non-hydrogen) atoms. The van der Waals surface area contributed by atoms with Crippen molar-refractivity contribution in [3.63, 3.8) is 0 Å². The Balaban J connectivity index is 1.23. The summed E-state index contributed by atoms with van der Waals surface area (Å²) in [6, 6.07) is 0. The van der Waals surface area contributed by atoms with Crippen molar-refractivity contribution in [1.29, 1.82) is 0 Å². The van der Waals surface area contributed by atoms with E-state index in [1.807, 2.05) is 5.57 Å². The number of unbranched alkanes of at least 4 members (excludes halogenated alkanes) is 8. The lowest BCUT2D eigenvalue weighted by Crippen LogP contribution is -2.58. The highest BCUT2D eigenvalue weighted by molar-refractivity contribution is 5.69. The molecule has 0 aromatic heterocycles. The SMILES string of the molecule is CCCCC/C=C\C/C=C\CCCCCCCC(=O)O[C@H]1CC[C@]2(C)[C@H]3CC[C@@]4(C)[C@H]([C@H](C)CCC=C(C)C)CC[C@]4(C)C3=CC[C@H]2C1(C)C. The Hall–Kier alpha value is -1.57. The monoisotopic (exact) mass is 689 g/mol. The summed E-state index contributed by atoms with van der Waals surface area (Å²) in [7, 11) is 0. The van der Waals surface area contributed by atoms with Crippen LogP contribution in [0.2, 0.25) is 0 Å². The molecule has 0 radical (unpaired) electrons. The summed E-state index contributed by atoms with van der Waals surface area (Å²) >= 11 is 0. The third kappa shape index (κ3) is 9.31. The number of rotatable bonds is 19. The maximum Gasteiger partial charge on any atom is 0.306 e. The van der Waals surface area contributed by atoms with Crippen LogP contribution in [0.1, 0.15) is 197 Å². The Bertz CT molecular complexity index is 1200. The zero-order valence-corrected chi connectivity index (χ0v) is 34.5. The molecule has 0 aromatic rings. The quantitative estimate of drug-likeness (QED) is 0.0767. The van der Waals surface area contributed by atoms with E-state index in [-0.39, 0.29) is 17.5 Å². The van der Waals surface area contributed by atoms with E-state index in [4.69, 9.17) is 4.74 Å². The van der Waals surface area contributed by atoms with Crippen LogP contribution >= 0.6 is 0 Å². The van der Waals surface area contributed by atoms with Gasteiger partial charge in [0.25, 0.3) is 0 Å². The van der Waals surface area contributed by atoms with E-state index in [9.17, 15) is 4.79 Å². The van der Waals surface area contributed by atoms with Crippen molar-refractivity contribution < 1.29 is 9.53 Å². The molecule has 4 aliphatic rings. The van der Waals surface area contributed by atoms with Crippen LogP contribution in [0, 0.1) is 45.3 Å². The first-order chi connectivity index (χ1) is 23.8. The molecule has 0 aromatic carbocycles. The van der Waals surface area contributed by atoms with Gasteiger partial charge in [-0.05, 0) is 150 Å². The van der Waals surface area contributed by atoms with Crippen LogP contribution in [0.25, 0.3) is 0 Å². The van der Waals surface area contributed by atoms with E-state index in [0.717, 1.165) is 43.9 Å². The zero-order valence-electron chi connectivity index (χ0n) is 34.5. The van der Waals surface area contributed by atoms with Crippen LogP contribution in [-0.4, -0.2) is 12.1 Å². The van der Waals surface area contributed by atoms with Gasteiger partial charge in [-0.2, -0.15) is 0 Å². The Morgan fingerprint density at radius 3 is 2.22 bits per heavy atom. The molecule has 2 heteroatoms. The van der Waals surface area contributed by atoms with Gasteiger partial charge in [0, 0.05) is 11.8 Å². The van der Waals surface area contributed by atoms with Gasteiger partial charge in [-0.15, -0.1) is 0 Å². The molecule has 4 aliphatic carbocycles. The van der Waals surface area contributed by atoms with Crippen molar-refractivity contribution in [2.45, 2.75) is 203 Å². The molecule has 3 saturated carbocycles. The van der Waals surface area contributed by atoms with Gasteiger partial charge in [-0.25, -0.2) is 0 Å². The average Bonchev–Trinajstić information content (AvgIpc) is 3.35. The Kier molecular flexibility index (Phi) is 15.2. The first-order valence-corrected chi connectivity index (χ1v) is 21.6. The summed E-state index contributed by atoms with van der Waals surface area (Å²) in [5, 5.41) is 0. The van der Waals surface area contributed by atoms with Crippen LogP contribution in [0.5, 0.6) is 0 Å². The van der Waals surface area contributed by atoms with Gasteiger partial charge >= 0.3 is 5.97 Å². The molecule has 284 valence electrons. The predicted molar refractivity (Wildman–Crippen MR) is 216 cm³/mol. The van der Waals surface area contributed by atoms with Crippen LogP contribution in [0.15, 0.2) is 47.6 Å². The molecular weight excluding hydrogens is 609 g/mol. The number of carbonyl (C=O) groups is 1. The third-order valence-corrected chi connectivity index (χ3v) is 15.3. The van der Waals surface area contributed by atoms with E-state index < -0.39 is 0 Å². The molecule has 0 spiro atoms. The van der Waals surface area contributed by atoms with Crippen LogP contribution < -0.4 is 0 Å². The minimum Gasteiger partial charge on any atom is -0.462 e. The first-order valence-electron chi connectivity index (χ1n) is 21.6. The van der Waals surface area contributed by atoms with Crippen molar-refractivity contribution in [1.82, 2.24) is 0 Å². The molecule has 0 saturated heterocycles. The van der Waals surface area contributed by atoms with Crippen LogP contribution in [0.3, 0.4) is 0 Å². The fourth-order valence-electron chi connectivity index (χ4n) is 12.0. The third-order valence-electron chi connectivity index (χ3n) is 15.3. The van der Waals surface area contributed by atoms with Gasteiger partial charge in [-0.1, -0.05) is 128 Å². The van der Waals surface area contributed by atoms with E-state index >= 15 is 0 Å². The Morgan fingerprint density at radius 2 is 1.52 bits per heavy atom. The normalized spacial score (nSPS) is 33.8.